The third-order valence-electron chi connectivity index (χ3n) is 2.52. The Hall–Kier alpha value is -2.16. The number of amides is 1. The minimum absolute atomic E-state index is 0.0229. The predicted molar refractivity (Wildman–Crippen MR) is 65.9 cm³/mol. The number of nitrogens with two attached hydrogens (primary N) is 1. The van der Waals surface area contributed by atoms with Gasteiger partial charge in [0.2, 0.25) is 5.91 Å². The molecule has 0 aliphatic carbocycles. The lowest BCUT2D eigenvalue weighted by molar-refractivity contribution is -0.142. The van der Waals surface area contributed by atoms with Gasteiger partial charge in [-0.25, -0.2) is 4.79 Å². The van der Waals surface area contributed by atoms with E-state index < -0.39 is 35.9 Å². The largest absolute Gasteiger partial charge is 0.481 e. The smallest absolute Gasteiger partial charge is 0.326 e. The van der Waals surface area contributed by atoms with Gasteiger partial charge in [0.25, 0.3) is 0 Å². The molecule has 0 saturated heterocycles. The van der Waals surface area contributed by atoms with E-state index in [9.17, 15) is 19.2 Å². The molecule has 9 heteroatoms. The Balaban J connectivity index is 4.17. The van der Waals surface area contributed by atoms with Crippen LogP contribution >= 0.6 is 0 Å². The number of carboxylic acids is 3. The fourth-order valence-corrected chi connectivity index (χ4v) is 1.41. The summed E-state index contributed by atoms with van der Waals surface area (Å²) in [5.41, 5.74) is 5.26. The molecular weight excluding hydrogens is 272 g/mol. The number of rotatable bonds is 10. The summed E-state index contributed by atoms with van der Waals surface area (Å²) in [6, 6.07) is -2.26. The molecule has 6 N–H and O–H groups in total. The first kappa shape index (κ1) is 17.8. The number of aliphatic carboxylic acids is 3. The van der Waals surface area contributed by atoms with Crippen LogP contribution in [-0.2, 0) is 19.2 Å². The summed E-state index contributed by atoms with van der Waals surface area (Å²) >= 11 is 0. The first-order valence-electron chi connectivity index (χ1n) is 5.96. The minimum atomic E-state index is -1.27. The van der Waals surface area contributed by atoms with Crippen LogP contribution in [0.5, 0.6) is 0 Å². The molecule has 0 spiro atoms. The Bertz CT molecular complexity index is 383. The van der Waals surface area contributed by atoms with Gasteiger partial charge < -0.3 is 26.4 Å². The van der Waals surface area contributed by atoms with Crippen LogP contribution in [0.15, 0.2) is 0 Å². The van der Waals surface area contributed by atoms with E-state index in [1.165, 1.54) is 0 Å². The summed E-state index contributed by atoms with van der Waals surface area (Å²) in [5.74, 6) is -4.28. The van der Waals surface area contributed by atoms with E-state index in [0.717, 1.165) is 0 Å². The van der Waals surface area contributed by atoms with Crippen molar-refractivity contribution in [1.82, 2.24) is 5.32 Å². The van der Waals surface area contributed by atoms with E-state index in [-0.39, 0.29) is 32.1 Å². The van der Waals surface area contributed by atoms with Crippen molar-refractivity contribution >= 4 is 23.8 Å². The van der Waals surface area contributed by atoms with Crippen molar-refractivity contribution in [3.63, 3.8) is 0 Å². The van der Waals surface area contributed by atoms with Crippen LogP contribution < -0.4 is 11.1 Å². The van der Waals surface area contributed by atoms with Gasteiger partial charge in [0.15, 0.2) is 0 Å². The quantitative estimate of drug-likeness (QED) is 0.341. The zero-order valence-electron chi connectivity index (χ0n) is 10.7. The monoisotopic (exact) mass is 290 g/mol. The van der Waals surface area contributed by atoms with Crippen LogP contribution in [0.3, 0.4) is 0 Å². The van der Waals surface area contributed by atoms with Gasteiger partial charge in [-0.3, -0.25) is 14.4 Å². The maximum Gasteiger partial charge on any atom is 0.326 e. The third kappa shape index (κ3) is 8.03. The highest BCUT2D eigenvalue weighted by Gasteiger charge is 2.21. The summed E-state index contributed by atoms with van der Waals surface area (Å²) in [7, 11) is 0. The topological polar surface area (TPSA) is 167 Å². The third-order valence-corrected chi connectivity index (χ3v) is 2.52. The molecule has 0 fully saturated rings. The van der Waals surface area contributed by atoms with Crippen LogP contribution in [0.25, 0.3) is 0 Å². The summed E-state index contributed by atoms with van der Waals surface area (Å²) in [5, 5.41) is 28.0. The van der Waals surface area contributed by atoms with E-state index in [0.29, 0.717) is 0 Å². The molecule has 0 aromatic rings. The molecule has 0 aromatic heterocycles. The number of nitrogens with one attached hydrogen (secondary N) is 1. The molecule has 0 radical (unpaired) electrons. The van der Waals surface area contributed by atoms with Crippen LogP contribution in [0, 0.1) is 0 Å². The molecular formula is C11H18N2O7. The highest BCUT2D eigenvalue weighted by molar-refractivity contribution is 5.85. The second-order valence-electron chi connectivity index (χ2n) is 4.23. The van der Waals surface area contributed by atoms with Gasteiger partial charge in [-0.2, -0.15) is 0 Å². The van der Waals surface area contributed by atoms with Crippen molar-refractivity contribution in [1.29, 1.82) is 0 Å². The van der Waals surface area contributed by atoms with Crippen LogP contribution in [-0.4, -0.2) is 51.2 Å². The van der Waals surface area contributed by atoms with Gasteiger partial charge >= 0.3 is 17.9 Å². The predicted octanol–water partition coefficient (Wildman–Crippen LogP) is -0.997. The van der Waals surface area contributed by atoms with Crippen molar-refractivity contribution in [3.8, 4) is 0 Å². The molecule has 0 rings (SSSR count). The number of hydrogen-bond acceptors (Lipinski definition) is 5. The summed E-state index contributed by atoms with van der Waals surface area (Å²) in [4.78, 5) is 43.0. The van der Waals surface area contributed by atoms with Gasteiger partial charge in [-0.05, 0) is 19.3 Å². The molecule has 1 amide bonds. The summed E-state index contributed by atoms with van der Waals surface area (Å²) in [6.45, 7) is 0. The maximum absolute atomic E-state index is 11.3. The average molecular weight is 290 g/mol. The lowest BCUT2D eigenvalue weighted by atomic mass is 10.1. The fourth-order valence-electron chi connectivity index (χ4n) is 1.41. The van der Waals surface area contributed by atoms with Crippen molar-refractivity contribution in [3.05, 3.63) is 0 Å². The Morgan fingerprint density at radius 1 is 0.950 bits per heavy atom. The standard InChI is InChI=1S/C11H18N2O7/c12-6(10(17)18)2-1-3-7(11(19)20)13-8(14)4-5-9(15)16/h6-7H,1-5,12H2,(H,13,14)(H,15,16)(H,17,18)(H,19,20)/t6?,7-/m0/s1. The number of carbonyl (C=O) groups excluding carboxylic acids is 1. The van der Waals surface area contributed by atoms with Gasteiger partial charge in [0.05, 0.1) is 6.42 Å². The second kappa shape index (κ2) is 8.86. The van der Waals surface area contributed by atoms with Crippen LogP contribution in [0.2, 0.25) is 0 Å². The molecule has 0 aliphatic rings. The van der Waals surface area contributed by atoms with Crippen LogP contribution in [0.4, 0.5) is 0 Å². The molecule has 2 atom stereocenters. The Morgan fingerprint density at radius 3 is 2.00 bits per heavy atom. The normalized spacial score (nSPS) is 13.2. The SMILES string of the molecule is NC(CCC[C@H](NC(=O)CCC(=O)O)C(=O)O)C(=O)O. The van der Waals surface area contributed by atoms with Crippen molar-refractivity contribution in [2.24, 2.45) is 5.73 Å². The van der Waals surface area contributed by atoms with E-state index in [2.05, 4.69) is 5.32 Å². The molecule has 1 unspecified atom stereocenters. The molecule has 114 valence electrons. The average Bonchev–Trinajstić information content (AvgIpc) is 2.34. The van der Waals surface area contributed by atoms with Gasteiger partial charge in [0, 0.05) is 6.42 Å². The lowest BCUT2D eigenvalue weighted by Crippen LogP contribution is -2.41. The van der Waals surface area contributed by atoms with E-state index in [1.807, 2.05) is 0 Å². The first-order valence-corrected chi connectivity index (χ1v) is 5.96. The Labute approximate surface area is 114 Å². The molecule has 0 aliphatic heterocycles. The molecule has 20 heavy (non-hydrogen) atoms. The molecule has 0 heterocycles. The Morgan fingerprint density at radius 2 is 1.55 bits per heavy atom. The van der Waals surface area contributed by atoms with Gasteiger partial charge in [0.1, 0.15) is 12.1 Å². The zero-order valence-corrected chi connectivity index (χ0v) is 10.7. The van der Waals surface area contributed by atoms with E-state index in [1.54, 1.807) is 0 Å². The molecule has 0 aromatic carbocycles. The molecule has 0 saturated carbocycles. The summed E-state index contributed by atoms with van der Waals surface area (Å²) < 4.78 is 0. The number of carbonyl (C=O) groups is 4. The highest BCUT2D eigenvalue weighted by Crippen LogP contribution is 2.05. The first-order chi connectivity index (χ1) is 9.23. The highest BCUT2D eigenvalue weighted by atomic mass is 16.4. The summed E-state index contributed by atoms with van der Waals surface area (Å²) in [6.07, 6.45) is -0.376. The van der Waals surface area contributed by atoms with E-state index in [4.69, 9.17) is 21.1 Å². The number of carboxylic acid groups (broad SMARTS) is 3. The van der Waals surface area contributed by atoms with Crippen LogP contribution in [0.1, 0.15) is 32.1 Å². The Kier molecular flexibility index (Phi) is 7.90. The van der Waals surface area contributed by atoms with E-state index >= 15 is 0 Å². The zero-order chi connectivity index (χ0) is 15.7. The van der Waals surface area contributed by atoms with Gasteiger partial charge in [-0.15, -0.1) is 0 Å². The maximum atomic E-state index is 11.3. The fraction of sp³-hybridized carbons (Fsp3) is 0.636. The molecule has 9 nitrogen and oxygen atoms in total. The van der Waals surface area contributed by atoms with Crippen molar-refractivity contribution < 1.29 is 34.5 Å². The lowest BCUT2D eigenvalue weighted by Gasteiger charge is -2.14. The van der Waals surface area contributed by atoms with Crippen molar-refractivity contribution in [2.75, 3.05) is 0 Å². The molecule has 0 bridgehead atoms. The minimum Gasteiger partial charge on any atom is -0.481 e. The van der Waals surface area contributed by atoms with Gasteiger partial charge in [-0.1, -0.05) is 0 Å². The second-order valence-corrected chi connectivity index (χ2v) is 4.23. The number of hydrogen-bond donors (Lipinski definition) is 5. The van der Waals surface area contributed by atoms with Crippen molar-refractivity contribution in [2.45, 2.75) is 44.2 Å².